The van der Waals surface area contributed by atoms with Crippen LogP contribution in [-0.4, -0.2) is 26.3 Å². The molecule has 6 nitrogen and oxygen atoms in total. The van der Waals surface area contributed by atoms with Crippen LogP contribution in [0.2, 0.25) is 0 Å². The Morgan fingerprint density at radius 2 is 2.00 bits per heavy atom. The normalized spacial score (nSPS) is 18.7. The highest BCUT2D eigenvalue weighted by atomic mass is 16.2. The Labute approximate surface area is 143 Å². The Morgan fingerprint density at radius 3 is 2.96 bits per heavy atom. The summed E-state index contributed by atoms with van der Waals surface area (Å²) in [5.74, 6) is 0.856. The van der Waals surface area contributed by atoms with Gasteiger partial charge < -0.3 is 9.88 Å². The second-order valence-electron chi connectivity index (χ2n) is 5.89. The quantitative estimate of drug-likeness (QED) is 0.785. The number of nitrogens with zero attached hydrogens (tertiary/aromatic N) is 4. The number of carbonyl (C=O) groups is 1. The summed E-state index contributed by atoms with van der Waals surface area (Å²) in [6.45, 7) is 0. The number of fused-ring (bicyclic) bond motifs is 2. The van der Waals surface area contributed by atoms with Gasteiger partial charge in [-0.3, -0.25) is 4.98 Å². The van der Waals surface area contributed by atoms with Gasteiger partial charge in [0.05, 0.1) is 23.0 Å². The molecule has 0 radical (unpaired) electrons. The molecule has 0 fully saturated rings. The third-order valence-electron chi connectivity index (χ3n) is 4.41. The van der Waals surface area contributed by atoms with Crippen LogP contribution >= 0.6 is 0 Å². The number of amides is 2. The van der Waals surface area contributed by atoms with Crippen molar-refractivity contribution in [2.24, 2.45) is 4.99 Å². The number of urea groups is 1. The van der Waals surface area contributed by atoms with E-state index in [0.717, 1.165) is 28.0 Å². The van der Waals surface area contributed by atoms with Crippen LogP contribution in [0.25, 0.3) is 22.3 Å². The van der Waals surface area contributed by atoms with Crippen molar-refractivity contribution in [2.75, 3.05) is 0 Å². The molecular weight excluding hydrogens is 314 g/mol. The van der Waals surface area contributed by atoms with Gasteiger partial charge in [-0.25, -0.2) is 9.78 Å². The summed E-state index contributed by atoms with van der Waals surface area (Å²) in [7, 11) is 0. The number of aliphatic imine (C=N–C) groups is 1. The minimum absolute atomic E-state index is 0.0447. The van der Waals surface area contributed by atoms with Crippen LogP contribution in [0.3, 0.4) is 0 Å². The molecule has 2 amide bonds. The first-order valence-electron chi connectivity index (χ1n) is 7.96. The predicted octanol–water partition coefficient (Wildman–Crippen LogP) is 3.26. The maximum atomic E-state index is 11.4. The number of rotatable bonds is 2. The average Bonchev–Trinajstić information content (AvgIpc) is 3.26. The summed E-state index contributed by atoms with van der Waals surface area (Å²) < 4.78 is 2.08. The average molecular weight is 327 g/mol. The molecule has 3 aromatic rings. The lowest BCUT2D eigenvalue weighted by molar-refractivity contribution is 0.253. The Bertz CT molecular complexity index is 1100. The SMILES string of the molecule is O=C1N=C2C=CC(n3ccnc3-c3ccnc4ccccc34)C=C2N1. The molecule has 2 aromatic heterocycles. The van der Waals surface area contributed by atoms with Gasteiger partial charge in [0, 0.05) is 29.5 Å². The van der Waals surface area contributed by atoms with E-state index in [9.17, 15) is 4.79 Å². The second-order valence-corrected chi connectivity index (χ2v) is 5.89. The number of para-hydroxylation sites is 1. The molecule has 2 aliphatic rings. The molecule has 1 unspecified atom stereocenters. The number of hydrogen-bond acceptors (Lipinski definition) is 3. The van der Waals surface area contributed by atoms with E-state index in [2.05, 4.69) is 24.8 Å². The lowest BCUT2D eigenvalue weighted by Crippen LogP contribution is -2.19. The van der Waals surface area contributed by atoms with Gasteiger partial charge in [0.1, 0.15) is 5.82 Å². The summed E-state index contributed by atoms with van der Waals surface area (Å²) >= 11 is 0. The van der Waals surface area contributed by atoms with E-state index in [0.29, 0.717) is 5.71 Å². The number of carbonyl (C=O) groups excluding carboxylic acids is 1. The number of aromatic nitrogens is 3. The van der Waals surface area contributed by atoms with Crippen molar-refractivity contribution >= 4 is 22.6 Å². The summed E-state index contributed by atoms with van der Waals surface area (Å²) in [6, 6.07) is 9.63. The molecule has 5 rings (SSSR count). The lowest BCUT2D eigenvalue weighted by atomic mass is 10.0. The fourth-order valence-corrected chi connectivity index (χ4v) is 3.27. The summed E-state index contributed by atoms with van der Waals surface area (Å²) in [6.07, 6.45) is 11.4. The molecule has 1 N–H and O–H groups in total. The van der Waals surface area contributed by atoms with Crippen molar-refractivity contribution < 1.29 is 4.79 Å². The van der Waals surface area contributed by atoms with E-state index >= 15 is 0 Å². The standard InChI is InChI=1S/C19H13N5O/c25-19-22-16-6-5-12(11-17(16)23-19)24-10-9-21-18(24)14-7-8-20-15-4-2-1-3-13(14)15/h1-12H,(H,23,25). The summed E-state index contributed by atoms with van der Waals surface area (Å²) in [4.78, 5) is 24.4. The van der Waals surface area contributed by atoms with E-state index < -0.39 is 0 Å². The van der Waals surface area contributed by atoms with Crippen molar-refractivity contribution in [3.63, 3.8) is 0 Å². The van der Waals surface area contributed by atoms with Crippen LogP contribution in [0, 0.1) is 0 Å². The number of pyridine rings is 1. The van der Waals surface area contributed by atoms with Crippen LogP contribution < -0.4 is 5.32 Å². The van der Waals surface area contributed by atoms with Crippen molar-refractivity contribution in [2.45, 2.75) is 6.04 Å². The lowest BCUT2D eigenvalue weighted by Gasteiger charge is -2.18. The molecule has 1 aliphatic carbocycles. The molecule has 0 saturated carbocycles. The van der Waals surface area contributed by atoms with Gasteiger partial charge in [0.15, 0.2) is 0 Å². The number of benzene rings is 1. The van der Waals surface area contributed by atoms with Gasteiger partial charge in [0.2, 0.25) is 0 Å². The molecule has 25 heavy (non-hydrogen) atoms. The Kier molecular flexibility index (Phi) is 2.90. The second kappa shape index (κ2) is 5.24. The fourth-order valence-electron chi connectivity index (χ4n) is 3.27. The minimum atomic E-state index is -0.322. The zero-order chi connectivity index (χ0) is 16.8. The third-order valence-corrected chi connectivity index (χ3v) is 4.41. The molecule has 0 spiro atoms. The van der Waals surface area contributed by atoms with Gasteiger partial charge >= 0.3 is 6.03 Å². The molecule has 1 aromatic carbocycles. The van der Waals surface area contributed by atoms with E-state index in [1.54, 1.807) is 12.4 Å². The van der Waals surface area contributed by atoms with Crippen molar-refractivity contribution in [3.05, 3.63) is 72.8 Å². The third kappa shape index (κ3) is 2.19. The maximum absolute atomic E-state index is 11.4. The highest BCUT2D eigenvalue weighted by molar-refractivity contribution is 6.19. The number of nitrogens with one attached hydrogen (secondary N) is 1. The predicted molar refractivity (Wildman–Crippen MR) is 95.2 cm³/mol. The van der Waals surface area contributed by atoms with E-state index in [1.807, 2.05) is 54.8 Å². The van der Waals surface area contributed by atoms with Gasteiger partial charge in [-0.15, -0.1) is 0 Å². The fraction of sp³-hybridized carbons (Fsp3) is 0.0526. The van der Waals surface area contributed by atoms with Crippen molar-refractivity contribution in [3.8, 4) is 11.4 Å². The molecule has 0 saturated heterocycles. The van der Waals surface area contributed by atoms with Gasteiger partial charge in [-0.05, 0) is 24.3 Å². The van der Waals surface area contributed by atoms with Crippen molar-refractivity contribution in [1.29, 1.82) is 0 Å². The van der Waals surface area contributed by atoms with Crippen LogP contribution in [0.15, 0.2) is 77.8 Å². The number of hydrogen-bond donors (Lipinski definition) is 1. The zero-order valence-corrected chi connectivity index (χ0v) is 13.1. The minimum Gasteiger partial charge on any atom is -0.320 e. The summed E-state index contributed by atoms with van der Waals surface area (Å²) in [5, 5.41) is 3.82. The highest BCUT2D eigenvalue weighted by Crippen LogP contribution is 2.30. The largest absolute Gasteiger partial charge is 0.346 e. The first-order chi connectivity index (χ1) is 12.3. The van der Waals surface area contributed by atoms with Gasteiger partial charge in [0.25, 0.3) is 0 Å². The van der Waals surface area contributed by atoms with E-state index in [4.69, 9.17) is 0 Å². The summed E-state index contributed by atoms with van der Waals surface area (Å²) in [5.41, 5.74) is 3.39. The van der Waals surface area contributed by atoms with Crippen molar-refractivity contribution in [1.82, 2.24) is 19.9 Å². The van der Waals surface area contributed by atoms with Crippen LogP contribution in [0.5, 0.6) is 0 Å². The zero-order valence-electron chi connectivity index (χ0n) is 13.1. The number of allylic oxidation sites excluding steroid dienone is 3. The molecule has 1 aliphatic heterocycles. The van der Waals surface area contributed by atoms with Gasteiger partial charge in [-0.2, -0.15) is 4.99 Å². The Balaban J connectivity index is 1.63. The molecule has 0 bridgehead atoms. The van der Waals surface area contributed by atoms with Crippen LogP contribution in [-0.2, 0) is 0 Å². The maximum Gasteiger partial charge on any atom is 0.346 e. The van der Waals surface area contributed by atoms with Crippen LogP contribution in [0.1, 0.15) is 6.04 Å². The first-order valence-corrected chi connectivity index (χ1v) is 7.96. The molecule has 3 heterocycles. The molecule has 6 heteroatoms. The Morgan fingerprint density at radius 1 is 1.08 bits per heavy atom. The molecule has 120 valence electrons. The monoisotopic (exact) mass is 327 g/mol. The smallest absolute Gasteiger partial charge is 0.320 e. The number of imidazole rings is 1. The topological polar surface area (TPSA) is 72.2 Å². The Hall–Kier alpha value is -3.54. The molecule has 1 atom stereocenters. The van der Waals surface area contributed by atoms with E-state index in [1.165, 1.54) is 0 Å². The molecular formula is C19H13N5O. The van der Waals surface area contributed by atoms with Crippen LogP contribution in [0.4, 0.5) is 4.79 Å². The van der Waals surface area contributed by atoms with E-state index in [-0.39, 0.29) is 12.1 Å². The van der Waals surface area contributed by atoms with Gasteiger partial charge in [-0.1, -0.05) is 24.3 Å². The first kappa shape index (κ1) is 13.9. The highest BCUT2D eigenvalue weighted by Gasteiger charge is 2.24.